The van der Waals surface area contributed by atoms with Crippen LogP contribution in [0, 0.1) is 0 Å². The van der Waals surface area contributed by atoms with Gasteiger partial charge in [-0.3, -0.25) is 0 Å². The first-order valence-corrected chi connectivity index (χ1v) is 6.43. The third kappa shape index (κ3) is 2.74. The molecule has 1 unspecified atom stereocenters. The summed E-state index contributed by atoms with van der Waals surface area (Å²) in [4.78, 5) is 0. The molecular weight excluding hydrogens is 255 g/mol. The van der Waals surface area contributed by atoms with Crippen molar-refractivity contribution in [2.45, 2.75) is 4.71 Å². The summed E-state index contributed by atoms with van der Waals surface area (Å²) in [7, 11) is 1.25. The topological polar surface area (TPSA) is 34.1 Å². The van der Waals surface area contributed by atoms with Crippen LogP contribution in [0.25, 0.3) is 0 Å². The standard InChI is InChI=1S/C7H5Cl3O2S/c8-6-4-2-1-3-5(6)7(9)13(10,11)12/h1-4,7H. The molecule has 1 aromatic rings. The minimum Gasteiger partial charge on any atom is -0.210 e. The van der Waals surface area contributed by atoms with Gasteiger partial charge in [-0.25, -0.2) is 8.42 Å². The number of rotatable bonds is 2. The molecule has 0 saturated heterocycles. The Morgan fingerprint density at radius 1 is 1.23 bits per heavy atom. The first kappa shape index (κ1) is 11.1. The SMILES string of the molecule is O=S(=O)(Cl)C(Cl)c1ccccc1Cl. The highest BCUT2D eigenvalue weighted by Crippen LogP contribution is 2.33. The maximum Gasteiger partial charge on any atom is 0.253 e. The predicted molar refractivity (Wildman–Crippen MR) is 54.8 cm³/mol. The first-order chi connectivity index (χ1) is 5.93. The third-order valence-electron chi connectivity index (χ3n) is 1.40. The van der Waals surface area contributed by atoms with Gasteiger partial charge in [-0.2, -0.15) is 0 Å². The summed E-state index contributed by atoms with van der Waals surface area (Å²) in [5, 5.41) is 0.284. The van der Waals surface area contributed by atoms with Crippen LogP contribution in [-0.4, -0.2) is 8.42 Å². The molecule has 0 fully saturated rings. The zero-order valence-electron chi connectivity index (χ0n) is 6.25. The first-order valence-electron chi connectivity index (χ1n) is 3.25. The Bertz CT molecular complexity index is 402. The second-order valence-electron chi connectivity index (χ2n) is 2.31. The Morgan fingerprint density at radius 2 is 1.77 bits per heavy atom. The van der Waals surface area contributed by atoms with E-state index in [4.69, 9.17) is 33.9 Å². The molecule has 0 aliphatic heterocycles. The molecule has 13 heavy (non-hydrogen) atoms. The number of halogens is 3. The molecule has 6 heteroatoms. The molecule has 1 atom stereocenters. The van der Waals surface area contributed by atoms with Crippen molar-refractivity contribution >= 4 is 42.9 Å². The average molecular weight is 260 g/mol. The van der Waals surface area contributed by atoms with Crippen molar-refractivity contribution in [3.63, 3.8) is 0 Å². The second kappa shape index (κ2) is 4.05. The van der Waals surface area contributed by atoms with Gasteiger partial charge in [0, 0.05) is 21.3 Å². The maximum absolute atomic E-state index is 10.9. The lowest BCUT2D eigenvalue weighted by molar-refractivity contribution is 0.607. The summed E-state index contributed by atoms with van der Waals surface area (Å²) in [5.41, 5.74) is 0.292. The van der Waals surface area contributed by atoms with Gasteiger partial charge in [0.1, 0.15) is 0 Å². The van der Waals surface area contributed by atoms with Crippen molar-refractivity contribution < 1.29 is 8.42 Å². The lowest BCUT2D eigenvalue weighted by Crippen LogP contribution is -2.00. The molecule has 0 aliphatic rings. The predicted octanol–water partition coefficient (Wildman–Crippen LogP) is 3.15. The Balaban J connectivity index is 3.17. The molecule has 2 nitrogen and oxygen atoms in total. The van der Waals surface area contributed by atoms with E-state index >= 15 is 0 Å². The van der Waals surface area contributed by atoms with Crippen LogP contribution in [-0.2, 0) is 9.05 Å². The fourth-order valence-electron chi connectivity index (χ4n) is 0.811. The largest absolute Gasteiger partial charge is 0.253 e. The highest BCUT2D eigenvalue weighted by molar-refractivity contribution is 8.14. The molecule has 0 heterocycles. The van der Waals surface area contributed by atoms with E-state index in [9.17, 15) is 8.42 Å². The summed E-state index contributed by atoms with van der Waals surface area (Å²) in [6, 6.07) is 6.38. The van der Waals surface area contributed by atoms with Crippen LogP contribution in [0.15, 0.2) is 24.3 Å². The van der Waals surface area contributed by atoms with E-state index in [2.05, 4.69) is 0 Å². The normalized spacial score (nSPS) is 14.1. The Labute approximate surface area is 90.8 Å². The summed E-state index contributed by atoms with van der Waals surface area (Å²) in [5.74, 6) is 0. The lowest BCUT2D eigenvalue weighted by atomic mass is 10.2. The van der Waals surface area contributed by atoms with Crippen LogP contribution in [0.2, 0.25) is 5.02 Å². The van der Waals surface area contributed by atoms with Crippen LogP contribution in [0.4, 0.5) is 0 Å². The minimum atomic E-state index is -3.83. The third-order valence-corrected chi connectivity index (χ3v) is 4.24. The van der Waals surface area contributed by atoms with Gasteiger partial charge in [-0.15, -0.1) is 0 Å². The zero-order chi connectivity index (χ0) is 10.1. The van der Waals surface area contributed by atoms with Gasteiger partial charge in [0.2, 0.25) is 0 Å². The van der Waals surface area contributed by atoms with Gasteiger partial charge in [0.25, 0.3) is 9.05 Å². The van der Waals surface area contributed by atoms with Gasteiger partial charge in [0.05, 0.1) is 0 Å². The molecule has 1 rings (SSSR count). The molecule has 1 aromatic carbocycles. The van der Waals surface area contributed by atoms with Gasteiger partial charge in [0.15, 0.2) is 4.71 Å². The van der Waals surface area contributed by atoms with E-state index in [1.165, 1.54) is 6.07 Å². The van der Waals surface area contributed by atoms with Crippen molar-refractivity contribution in [2.24, 2.45) is 0 Å². The quantitative estimate of drug-likeness (QED) is 0.604. The summed E-state index contributed by atoms with van der Waals surface area (Å²) in [6.45, 7) is 0. The average Bonchev–Trinajstić information content (AvgIpc) is 2.02. The Hall–Kier alpha value is 0.0400. The molecule has 0 N–H and O–H groups in total. The molecule has 0 bridgehead atoms. The number of hydrogen-bond acceptors (Lipinski definition) is 2. The van der Waals surface area contributed by atoms with E-state index in [-0.39, 0.29) is 5.02 Å². The van der Waals surface area contributed by atoms with Crippen LogP contribution in [0.3, 0.4) is 0 Å². The minimum absolute atomic E-state index is 0.284. The fraction of sp³-hybridized carbons (Fsp3) is 0.143. The summed E-state index contributed by atoms with van der Waals surface area (Å²) < 4.78 is 20.4. The smallest absolute Gasteiger partial charge is 0.210 e. The van der Waals surface area contributed by atoms with Crippen molar-refractivity contribution in [2.75, 3.05) is 0 Å². The van der Waals surface area contributed by atoms with E-state index in [1.807, 2.05) is 0 Å². The van der Waals surface area contributed by atoms with Crippen LogP contribution in [0.1, 0.15) is 10.3 Å². The molecule has 0 aromatic heterocycles. The highest BCUT2D eigenvalue weighted by Gasteiger charge is 2.23. The van der Waals surface area contributed by atoms with Crippen molar-refractivity contribution in [1.82, 2.24) is 0 Å². The van der Waals surface area contributed by atoms with Gasteiger partial charge in [-0.05, 0) is 6.07 Å². The van der Waals surface area contributed by atoms with Gasteiger partial charge < -0.3 is 0 Å². The Morgan fingerprint density at radius 3 is 2.23 bits per heavy atom. The monoisotopic (exact) mass is 258 g/mol. The molecule has 0 spiro atoms. The number of alkyl halides is 1. The molecule has 0 saturated carbocycles. The van der Waals surface area contributed by atoms with E-state index in [0.717, 1.165) is 0 Å². The number of hydrogen-bond donors (Lipinski definition) is 0. The van der Waals surface area contributed by atoms with Crippen LogP contribution >= 0.6 is 33.9 Å². The van der Waals surface area contributed by atoms with Crippen molar-refractivity contribution in [3.05, 3.63) is 34.9 Å². The Kier molecular flexibility index (Phi) is 3.46. The van der Waals surface area contributed by atoms with Crippen molar-refractivity contribution in [1.29, 1.82) is 0 Å². The molecule has 0 radical (unpaired) electrons. The van der Waals surface area contributed by atoms with E-state index in [1.54, 1.807) is 18.2 Å². The zero-order valence-corrected chi connectivity index (χ0v) is 9.33. The summed E-state index contributed by atoms with van der Waals surface area (Å²) >= 11 is 11.3. The fourth-order valence-corrected chi connectivity index (χ4v) is 2.16. The van der Waals surface area contributed by atoms with E-state index < -0.39 is 13.8 Å². The molecule has 0 amide bonds. The van der Waals surface area contributed by atoms with Crippen molar-refractivity contribution in [3.8, 4) is 0 Å². The maximum atomic E-state index is 10.9. The van der Waals surface area contributed by atoms with Gasteiger partial charge >= 0.3 is 0 Å². The van der Waals surface area contributed by atoms with Crippen LogP contribution < -0.4 is 0 Å². The summed E-state index contributed by atoms with van der Waals surface area (Å²) in [6.07, 6.45) is 0. The number of benzene rings is 1. The highest BCUT2D eigenvalue weighted by atomic mass is 35.7. The van der Waals surface area contributed by atoms with Gasteiger partial charge in [-0.1, -0.05) is 41.4 Å². The molecular formula is C7H5Cl3O2S. The second-order valence-corrected chi connectivity index (χ2v) is 6.13. The lowest BCUT2D eigenvalue weighted by Gasteiger charge is -2.06. The molecule has 72 valence electrons. The van der Waals surface area contributed by atoms with E-state index in [0.29, 0.717) is 5.56 Å². The van der Waals surface area contributed by atoms with Crippen LogP contribution in [0.5, 0.6) is 0 Å². The molecule has 0 aliphatic carbocycles.